The first-order chi connectivity index (χ1) is 8.15. The number of carbonyl (C=O) groups is 1. The van der Waals surface area contributed by atoms with Crippen molar-refractivity contribution in [3.05, 3.63) is 29.3 Å². The van der Waals surface area contributed by atoms with Crippen molar-refractivity contribution in [3.63, 3.8) is 0 Å². The smallest absolute Gasteiger partial charge is 0.170 e. The molecule has 0 radical (unpaired) electrons. The lowest BCUT2D eigenvalue weighted by Crippen LogP contribution is -2.15. The third kappa shape index (κ3) is 5.22. The van der Waals surface area contributed by atoms with Gasteiger partial charge in [-0.3, -0.25) is 4.79 Å². The molecule has 0 amide bonds. The van der Waals surface area contributed by atoms with E-state index in [-0.39, 0.29) is 12.4 Å². The van der Waals surface area contributed by atoms with E-state index in [1.165, 1.54) is 0 Å². The maximum absolute atomic E-state index is 11.7. The highest BCUT2D eigenvalue weighted by Crippen LogP contribution is 2.16. The Labute approximate surface area is 108 Å². The third-order valence-corrected chi connectivity index (χ3v) is 3.14. The van der Waals surface area contributed by atoms with E-state index in [1.54, 1.807) is 24.3 Å². The van der Waals surface area contributed by atoms with Crippen molar-refractivity contribution in [2.75, 3.05) is 6.61 Å². The summed E-state index contributed by atoms with van der Waals surface area (Å²) in [5, 5.41) is 0.667. The average molecular weight is 255 g/mol. The number of Topliss-reactive ketones (excluding diaryl/α,β-unsaturated/α-hetero) is 1. The van der Waals surface area contributed by atoms with Gasteiger partial charge in [0.05, 0.1) is 0 Å². The quantitative estimate of drug-likeness (QED) is 0.732. The van der Waals surface area contributed by atoms with Crippen molar-refractivity contribution in [2.24, 2.45) is 5.92 Å². The summed E-state index contributed by atoms with van der Waals surface area (Å²) in [7, 11) is 0. The second-order valence-corrected chi connectivity index (χ2v) is 4.60. The van der Waals surface area contributed by atoms with Gasteiger partial charge in [0.1, 0.15) is 12.4 Å². The Morgan fingerprint density at radius 2 is 1.82 bits per heavy atom. The Kier molecular flexibility index (Phi) is 6.06. The van der Waals surface area contributed by atoms with Crippen LogP contribution in [-0.2, 0) is 4.79 Å². The largest absolute Gasteiger partial charge is 0.486 e. The number of halogens is 1. The van der Waals surface area contributed by atoms with E-state index in [0.29, 0.717) is 23.1 Å². The molecule has 3 heteroatoms. The molecule has 1 rings (SSSR count). The molecule has 94 valence electrons. The number of carbonyl (C=O) groups excluding carboxylic acids is 1. The second kappa shape index (κ2) is 7.33. The van der Waals surface area contributed by atoms with E-state index < -0.39 is 0 Å². The monoisotopic (exact) mass is 254 g/mol. The molecule has 0 aliphatic heterocycles. The molecule has 0 bridgehead atoms. The minimum Gasteiger partial charge on any atom is -0.486 e. The van der Waals surface area contributed by atoms with Gasteiger partial charge >= 0.3 is 0 Å². The lowest BCUT2D eigenvalue weighted by Gasteiger charge is -2.11. The van der Waals surface area contributed by atoms with Crippen LogP contribution in [0.3, 0.4) is 0 Å². The molecule has 0 atom stereocenters. The minimum atomic E-state index is 0.151. The molecule has 17 heavy (non-hydrogen) atoms. The van der Waals surface area contributed by atoms with Gasteiger partial charge < -0.3 is 4.74 Å². The van der Waals surface area contributed by atoms with Crippen LogP contribution < -0.4 is 4.74 Å². The van der Waals surface area contributed by atoms with E-state index in [2.05, 4.69) is 13.8 Å². The second-order valence-electron chi connectivity index (χ2n) is 4.17. The molecular formula is C14H19ClO2. The zero-order chi connectivity index (χ0) is 12.7. The van der Waals surface area contributed by atoms with Crippen molar-refractivity contribution in [2.45, 2.75) is 33.1 Å². The van der Waals surface area contributed by atoms with Gasteiger partial charge in [0, 0.05) is 11.4 Å². The Morgan fingerprint density at radius 3 is 2.35 bits per heavy atom. The summed E-state index contributed by atoms with van der Waals surface area (Å²) >= 11 is 5.76. The van der Waals surface area contributed by atoms with Gasteiger partial charge in [0.25, 0.3) is 0 Å². The molecule has 0 aliphatic rings. The minimum absolute atomic E-state index is 0.151. The Hall–Kier alpha value is -1.02. The summed E-state index contributed by atoms with van der Waals surface area (Å²) in [4.78, 5) is 11.7. The molecule has 0 fully saturated rings. The van der Waals surface area contributed by atoms with Crippen LogP contribution in [0.25, 0.3) is 0 Å². The first kappa shape index (κ1) is 14.0. The summed E-state index contributed by atoms with van der Waals surface area (Å²) in [6, 6.07) is 7.05. The molecule has 0 heterocycles. The normalized spacial score (nSPS) is 10.6. The van der Waals surface area contributed by atoms with Crippen LogP contribution >= 0.6 is 11.6 Å². The number of hydrogen-bond donors (Lipinski definition) is 0. The summed E-state index contributed by atoms with van der Waals surface area (Å²) in [5.74, 6) is 1.33. The van der Waals surface area contributed by atoms with Crippen LogP contribution in [0.1, 0.15) is 33.1 Å². The number of hydrogen-bond acceptors (Lipinski definition) is 2. The van der Waals surface area contributed by atoms with Crippen molar-refractivity contribution in [1.29, 1.82) is 0 Å². The van der Waals surface area contributed by atoms with Gasteiger partial charge in [-0.15, -0.1) is 0 Å². The summed E-state index contributed by atoms with van der Waals surface area (Å²) < 4.78 is 5.40. The van der Waals surface area contributed by atoms with Gasteiger partial charge in [-0.2, -0.15) is 0 Å². The molecule has 0 saturated heterocycles. The van der Waals surface area contributed by atoms with Crippen LogP contribution in [0, 0.1) is 5.92 Å². The summed E-state index contributed by atoms with van der Waals surface area (Å²) in [6.45, 7) is 4.38. The number of ether oxygens (including phenoxy) is 1. The Bertz CT molecular complexity index is 342. The van der Waals surface area contributed by atoms with Crippen LogP contribution in [-0.4, -0.2) is 12.4 Å². The third-order valence-electron chi connectivity index (χ3n) is 2.88. The highest BCUT2D eigenvalue weighted by Gasteiger charge is 2.10. The van der Waals surface area contributed by atoms with Gasteiger partial charge in [-0.05, 0) is 30.2 Å². The predicted octanol–water partition coefficient (Wildman–Crippen LogP) is 4.11. The Balaban J connectivity index is 2.35. The highest BCUT2D eigenvalue weighted by atomic mass is 35.5. The fourth-order valence-electron chi connectivity index (χ4n) is 1.65. The molecule has 0 aliphatic carbocycles. The van der Waals surface area contributed by atoms with E-state index in [1.807, 2.05) is 0 Å². The fourth-order valence-corrected chi connectivity index (χ4v) is 1.78. The molecule has 0 N–H and O–H groups in total. The molecule has 1 aromatic carbocycles. The van der Waals surface area contributed by atoms with Gasteiger partial charge in [-0.25, -0.2) is 0 Å². The Morgan fingerprint density at radius 1 is 1.24 bits per heavy atom. The zero-order valence-corrected chi connectivity index (χ0v) is 11.2. The van der Waals surface area contributed by atoms with E-state index >= 15 is 0 Å². The van der Waals surface area contributed by atoms with Crippen LogP contribution in [0.5, 0.6) is 5.75 Å². The first-order valence-corrected chi connectivity index (χ1v) is 6.43. The lowest BCUT2D eigenvalue weighted by atomic mass is 9.97. The number of benzene rings is 1. The highest BCUT2D eigenvalue weighted by molar-refractivity contribution is 6.30. The van der Waals surface area contributed by atoms with Gasteiger partial charge in [0.15, 0.2) is 5.78 Å². The molecule has 2 nitrogen and oxygen atoms in total. The SMILES string of the molecule is CCC(CC)CC(=O)COc1ccc(Cl)cc1. The van der Waals surface area contributed by atoms with E-state index in [9.17, 15) is 4.79 Å². The van der Waals surface area contributed by atoms with Crippen LogP contribution in [0.4, 0.5) is 0 Å². The van der Waals surface area contributed by atoms with Gasteiger partial charge in [0.2, 0.25) is 0 Å². The topological polar surface area (TPSA) is 26.3 Å². The standard InChI is InChI=1S/C14H19ClO2/c1-3-11(4-2)9-13(16)10-17-14-7-5-12(15)6-8-14/h5-8,11H,3-4,9-10H2,1-2H3. The van der Waals surface area contributed by atoms with Crippen molar-refractivity contribution >= 4 is 17.4 Å². The van der Waals surface area contributed by atoms with E-state index in [4.69, 9.17) is 16.3 Å². The van der Waals surface area contributed by atoms with Crippen LogP contribution in [0.15, 0.2) is 24.3 Å². The first-order valence-electron chi connectivity index (χ1n) is 6.05. The van der Waals surface area contributed by atoms with Crippen molar-refractivity contribution in [3.8, 4) is 5.75 Å². The number of ketones is 1. The average Bonchev–Trinajstić information content (AvgIpc) is 2.35. The summed E-state index contributed by atoms with van der Waals surface area (Å²) in [5.41, 5.74) is 0. The van der Waals surface area contributed by atoms with Gasteiger partial charge in [-0.1, -0.05) is 38.3 Å². The lowest BCUT2D eigenvalue weighted by molar-refractivity contribution is -0.122. The van der Waals surface area contributed by atoms with Crippen molar-refractivity contribution < 1.29 is 9.53 Å². The molecule has 0 spiro atoms. The maximum atomic E-state index is 11.7. The molecule has 0 saturated carbocycles. The molecule has 0 aromatic heterocycles. The molecule has 0 unspecified atom stereocenters. The van der Waals surface area contributed by atoms with Crippen molar-refractivity contribution in [1.82, 2.24) is 0 Å². The predicted molar refractivity (Wildman–Crippen MR) is 70.6 cm³/mol. The van der Waals surface area contributed by atoms with E-state index in [0.717, 1.165) is 12.8 Å². The van der Waals surface area contributed by atoms with Crippen LogP contribution in [0.2, 0.25) is 5.02 Å². The fraction of sp³-hybridized carbons (Fsp3) is 0.500. The molecule has 1 aromatic rings. The number of rotatable bonds is 7. The molecular weight excluding hydrogens is 236 g/mol. The maximum Gasteiger partial charge on any atom is 0.170 e. The zero-order valence-electron chi connectivity index (χ0n) is 10.4. The summed E-state index contributed by atoms with van der Waals surface area (Å²) in [6.07, 6.45) is 2.70.